The van der Waals surface area contributed by atoms with Gasteiger partial charge in [-0.05, 0) is 31.5 Å². The number of para-hydroxylation sites is 1. The largest absolute Gasteiger partial charge is 0.478 e. The standard InChI is InChI=1S/C14H11N3O3/c1-8-9(2)16-17-13(11(8)7-15)20-12-6-4-3-5-10(12)14(18)19/h3-6H,1-2H3,(H,18,19). The molecule has 0 bridgehead atoms. The molecule has 0 unspecified atom stereocenters. The van der Waals surface area contributed by atoms with Gasteiger partial charge in [-0.25, -0.2) is 4.79 Å². The number of benzene rings is 1. The molecule has 0 spiro atoms. The number of carboxylic acid groups (broad SMARTS) is 1. The summed E-state index contributed by atoms with van der Waals surface area (Å²) in [7, 11) is 0. The van der Waals surface area contributed by atoms with Gasteiger partial charge in [-0.2, -0.15) is 10.4 Å². The smallest absolute Gasteiger partial charge is 0.339 e. The third-order valence-corrected chi connectivity index (χ3v) is 2.86. The number of rotatable bonds is 3. The van der Waals surface area contributed by atoms with E-state index in [-0.39, 0.29) is 22.8 Å². The monoisotopic (exact) mass is 269 g/mol. The molecule has 2 aromatic rings. The van der Waals surface area contributed by atoms with Crippen molar-refractivity contribution < 1.29 is 14.6 Å². The maximum Gasteiger partial charge on any atom is 0.339 e. The first-order chi connectivity index (χ1) is 9.54. The molecule has 0 saturated carbocycles. The van der Waals surface area contributed by atoms with Gasteiger partial charge < -0.3 is 9.84 Å². The zero-order valence-corrected chi connectivity index (χ0v) is 10.9. The molecule has 6 nitrogen and oxygen atoms in total. The number of carbonyl (C=O) groups is 1. The molecule has 0 aliphatic heterocycles. The summed E-state index contributed by atoms with van der Waals surface area (Å²) in [6.07, 6.45) is 0. The van der Waals surface area contributed by atoms with E-state index in [1.54, 1.807) is 26.0 Å². The summed E-state index contributed by atoms with van der Waals surface area (Å²) in [5, 5.41) is 26.0. The second kappa shape index (κ2) is 5.36. The number of hydrogen-bond acceptors (Lipinski definition) is 5. The fraction of sp³-hybridized carbons (Fsp3) is 0.143. The molecule has 0 amide bonds. The van der Waals surface area contributed by atoms with Gasteiger partial charge in [0.05, 0.1) is 5.69 Å². The van der Waals surface area contributed by atoms with E-state index in [1.807, 2.05) is 6.07 Å². The summed E-state index contributed by atoms with van der Waals surface area (Å²) in [5.74, 6) is -0.991. The quantitative estimate of drug-likeness (QED) is 0.919. The van der Waals surface area contributed by atoms with Crippen LogP contribution in [-0.4, -0.2) is 21.3 Å². The number of nitrogens with zero attached hydrogens (tertiary/aromatic N) is 3. The topological polar surface area (TPSA) is 96.1 Å². The van der Waals surface area contributed by atoms with Crippen LogP contribution < -0.4 is 4.74 Å². The lowest BCUT2D eigenvalue weighted by Gasteiger charge is -2.10. The van der Waals surface area contributed by atoms with Crippen LogP contribution in [0.5, 0.6) is 11.6 Å². The molecule has 100 valence electrons. The Morgan fingerprint density at radius 3 is 2.65 bits per heavy atom. The third-order valence-electron chi connectivity index (χ3n) is 2.86. The molecule has 20 heavy (non-hydrogen) atoms. The number of aromatic carboxylic acids is 1. The molecule has 0 fully saturated rings. The van der Waals surface area contributed by atoms with Crippen molar-refractivity contribution in [3.8, 4) is 17.7 Å². The van der Waals surface area contributed by atoms with E-state index in [9.17, 15) is 4.79 Å². The van der Waals surface area contributed by atoms with Crippen molar-refractivity contribution in [2.45, 2.75) is 13.8 Å². The highest BCUT2D eigenvalue weighted by Crippen LogP contribution is 2.27. The minimum absolute atomic E-state index is 0.00332. The molecule has 0 radical (unpaired) electrons. The number of aryl methyl sites for hydroxylation is 1. The highest BCUT2D eigenvalue weighted by atomic mass is 16.5. The van der Waals surface area contributed by atoms with E-state index in [0.29, 0.717) is 11.3 Å². The number of carboxylic acids is 1. The van der Waals surface area contributed by atoms with Gasteiger partial charge >= 0.3 is 5.97 Å². The van der Waals surface area contributed by atoms with Gasteiger partial charge in [0.25, 0.3) is 5.88 Å². The second-order valence-corrected chi connectivity index (χ2v) is 4.11. The molecule has 0 atom stereocenters. The van der Waals surface area contributed by atoms with E-state index in [0.717, 1.165) is 0 Å². The molecular weight excluding hydrogens is 258 g/mol. The van der Waals surface area contributed by atoms with Crippen molar-refractivity contribution in [3.63, 3.8) is 0 Å². The van der Waals surface area contributed by atoms with Crippen molar-refractivity contribution in [2.75, 3.05) is 0 Å². The Balaban J connectivity index is 2.49. The second-order valence-electron chi connectivity index (χ2n) is 4.11. The van der Waals surface area contributed by atoms with Gasteiger partial charge in [0.2, 0.25) is 0 Å². The van der Waals surface area contributed by atoms with Crippen LogP contribution in [0.3, 0.4) is 0 Å². The van der Waals surface area contributed by atoms with Crippen LogP contribution in [0, 0.1) is 25.2 Å². The molecule has 0 aliphatic rings. The van der Waals surface area contributed by atoms with Crippen LogP contribution in [0.15, 0.2) is 24.3 Å². The third kappa shape index (κ3) is 2.42. The Morgan fingerprint density at radius 1 is 1.30 bits per heavy atom. The molecule has 1 heterocycles. The van der Waals surface area contributed by atoms with Gasteiger partial charge in [-0.3, -0.25) is 0 Å². The average Bonchev–Trinajstić information content (AvgIpc) is 2.43. The van der Waals surface area contributed by atoms with Gasteiger partial charge in [-0.15, -0.1) is 5.10 Å². The molecular formula is C14H11N3O3. The summed E-state index contributed by atoms with van der Waals surface area (Å²) in [5.41, 5.74) is 1.53. The Kier molecular flexibility index (Phi) is 3.62. The van der Waals surface area contributed by atoms with Crippen molar-refractivity contribution in [2.24, 2.45) is 0 Å². The summed E-state index contributed by atoms with van der Waals surface area (Å²) >= 11 is 0. The number of aromatic nitrogens is 2. The predicted molar refractivity (Wildman–Crippen MR) is 69.7 cm³/mol. The molecule has 1 aromatic carbocycles. The lowest BCUT2D eigenvalue weighted by atomic mass is 10.1. The van der Waals surface area contributed by atoms with E-state index in [4.69, 9.17) is 15.1 Å². The number of hydrogen-bond donors (Lipinski definition) is 1. The van der Waals surface area contributed by atoms with Crippen molar-refractivity contribution in [3.05, 3.63) is 46.6 Å². The maximum atomic E-state index is 11.1. The van der Waals surface area contributed by atoms with Crippen molar-refractivity contribution in [1.82, 2.24) is 10.2 Å². The molecule has 2 rings (SSSR count). The molecule has 0 saturated heterocycles. The number of ether oxygens (including phenoxy) is 1. The highest BCUT2D eigenvalue weighted by Gasteiger charge is 2.16. The summed E-state index contributed by atoms with van der Waals surface area (Å²) < 4.78 is 5.45. The SMILES string of the molecule is Cc1nnc(Oc2ccccc2C(=O)O)c(C#N)c1C. The minimum atomic E-state index is -1.11. The van der Waals surface area contributed by atoms with E-state index < -0.39 is 5.97 Å². The Labute approximate surface area is 115 Å². The molecule has 6 heteroatoms. The van der Waals surface area contributed by atoms with Crippen LogP contribution in [0.4, 0.5) is 0 Å². The minimum Gasteiger partial charge on any atom is -0.478 e. The predicted octanol–water partition coefficient (Wildman–Crippen LogP) is 2.46. The normalized spacial score (nSPS) is 9.85. The molecule has 1 N–H and O–H groups in total. The lowest BCUT2D eigenvalue weighted by molar-refractivity contribution is 0.0694. The fourth-order valence-corrected chi connectivity index (χ4v) is 1.63. The van der Waals surface area contributed by atoms with Crippen LogP contribution in [0.1, 0.15) is 27.2 Å². The molecule has 1 aromatic heterocycles. The van der Waals surface area contributed by atoms with Gasteiger partial charge in [0, 0.05) is 0 Å². The highest BCUT2D eigenvalue weighted by molar-refractivity contribution is 5.90. The summed E-state index contributed by atoms with van der Waals surface area (Å²) in [6, 6.07) is 8.15. The lowest BCUT2D eigenvalue weighted by Crippen LogP contribution is -2.04. The van der Waals surface area contributed by atoms with Gasteiger partial charge in [0.1, 0.15) is 22.9 Å². The molecule has 0 aliphatic carbocycles. The summed E-state index contributed by atoms with van der Waals surface area (Å²) in [4.78, 5) is 11.1. The van der Waals surface area contributed by atoms with Crippen LogP contribution >= 0.6 is 0 Å². The zero-order chi connectivity index (χ0) is 14.7. The zero-order valence-electron chi connectivity index (χ0n) is 10.9. The van der Waals surface area contributed by atoms with E-state index in [2.05, 4.69) is 10.2 Å². The first-order valence-electron chi connectivity index (χ1n) is 5.78. The fourth-order valence-electron chi connectivity index (χ4n) is 1.63. The van der Waals surface area contributed by atoms with Gasteiger partial charge in [0.15, 0.2) is 0 Å². The average molecular weight is 269 g/mol. The van der Waals surface area contributed by atoms with E-state index >= 15 is 0 Å². The Hall–Kier alpha value is -2.94. The first kappa shape index (κ1) is 13.5. The summed E-state index contributed by atoms with van der Waals surface area (Å²) in [6.45, 7) is 3.47. The van der Waals surface area contributed by atoms with Crippen LogP contribution in [-0.2, 0) is 0 Å². The van der Waals surface area contributed by atoms with E-state index in [1.165, 1.54) is 12.1 Å². The number of nitriles is 1. The first-order valence-corrected chi connectivity index (χ1v) is 5.78. The van der Waals surface area contributed by atoms with Gasteiger partial charge in [-0.1, -0.05) is 12.1 Å². The van der Waals surface area contributed by atoms with Crippen LogP contribution in [0.2, 0.25) is 0 Å². The Morgan fingerprint density at radius 2 is 2.00 bits per heavy atom. The van der Waals surface area contributed by atoms with Crippen molar-refractivity contribution in [1.29, 1.82) is 5.26 Å². The Bertz CT molecular complexity index is 720. The maximum absolute atomic E-state index is 11.1. The van der Waals surface area contributed by atoms with Crippen LogP contribution in [0.25, 0.3) is 0 Å². The van der Waals surface area contributed by atoms with Crippen molar-refractivity contribution >= 4 is 5.97 Å².